The summed E-state index contributed by atoms with van der Waals surface area (Å²) in [4.78, 5) is 10.6. The third-order valence-corrected chi connectivity index (χ3v) is 3.86. The van der Waals surface area contributed by atoms with Crippen molar-refractivity contribution in [3.05, 3.63) is 57.1 Å². The van der Waals surface area contributed by atoms with Gasteiger partial charge in [-0.25, -0.2) is 0 Å². The van der Waals surface area contributed by atoms with Gasteiger partial charge in [0.2, 0.25) is 0 Å². The predicted octanol–water partition coefficient (Wildman–Crippen LogP) is 4.36. The monoisotopic (exact) mass is 370 g/mol. The van der Waals surface area contributed by atoms with Crippen molar-refractivity contribution >= 4 is 34.6 Å². The molecule has 0 radical (unpaired) electrons. The van der Waals surface area contributed by atoms with E-state index < -0.39 is 11.0 Å². The second-order valence-electron chi connectivity index (χ2n) is 5.15. The van der Waals surface area contributed by atoms with Crippen LogP contribution in [0.15, 0.2) is 36.4 Å². The summed E-state index contributed by atoms with van der Waals surface area (Å²) in [6, 6.07) is 9.56. The maximum atomic E-state index is 11.1. The van der Waals surface area contributed by atoms with E-state index in [0.29, 0.717) is 16.5 Å². The molecule has 2 rings (SSSR count). The number of hydrogen-bond donors (Lipinski definition) is 2. The smallest absolute Gasteiger partial charge is 0.275 e. The van der Waals surface area contributed by atoms with E-state index in [1.807, 2.05) is 13.0 Å². The fourth-order valence-corrected chi connectivity index (χ4v) is 2.37. The number of ether oxygens (including phenoxy) is 1. The quantitative estimate of drug-likeness (QED) is 0.429. The number of alkyl halides is 1. The number of nitro benzene ring substituents is 1. The van der Waals surface area contributed by atoms with Crippen LogP contribution in [0.4, 0.5) is 11.4 Å². The lowest BCUT2D eigenvalue weighted by Crippen LogP contribution is -2.20. The van der Waals surface area contributed by atoms with Crippen LogP contribution in [0.25, 0.3) is 0 Å². The van der Waals surface area contributed by atoms with Crippen molar-refractivity contribution in [3.8, 4) is 11.5 Å². The van der Waals surface area contributed by atoms with Gasteiger partial charge in [0.05, 0.1) is 28.0 Å². The minimum Gasteiger partial charge on any atom is -0.455 e. The van der Waals surface area contributed by atoms with Crippen molar-refractivity contribution in [1.82, 2.24) is 0 Å². The Morgan fingerprint density at radius 1 is 1.38 bits per heavy atom. The topological polar surface area (TPSA) is 84.6 Å². The predicted molar refractivity (Wildman–Crippen MR) is 94.6 cm³/mol. The zero-order chi connectivity index (χ0) is 17.7. The number of nitrogens with one attached hydrogen (secondary N) is 1. The van der Waals surface area contributed by atoms with E-state index in [2.05, 4.69) is 5.32 Å². The molecule has 2 aromatic rings. The lowest BCUT2D eigenvalue weighted by atomic mass is 10.2. The van der Waals surface area contributed by atoms with Gasteiger partial charge < -0.3 is 15.2 Å². The highest BCUT2D eigenvalue weighted by molar-refractivity contribution is 6.32. The Morgan fingerprint density at radius 3 is 2.75 bits per heavy atom. The largest absolute Gasteiger partial charge is 0.455 e. The molecule has 1 atom stereocenters. The zero-order valence-electron chi connectivity index (χ0n) is 12.8. The summed E-state index contributed by atoms with van der Waals surface area (Å²) in [7, 11) is 0. The fraction of sp³-hybridized carbons (Fsp3) is 0.250. The Labute approximate surface area is 149 Å². The first-order valence-electron chi connectivity index (χ1n) is 7.11. The molecule has 6 nitrogen and oxygen atoms in total. The normalized spacial score (nSPS) is 11.8. The third kappa shape index (κ3) is 4.74. The molecule has 2 aromatic carbocycles. The van der Waals surface area contributed by atoms with Gasteiger partial charge in [-0.05, 0) is 18.6 Å². The molecule has 0 saturated heterocycles. The molecule has 0 amide bonds. The van der Waals surface area contributed by atoms with Crippen molar-refractivity contribution < 1.29 is 14.8 Å². The summed E-state index contributed by atoms with van der Waals surface area (Å²) in [5.41, 5.74) is 1.11. The van der Waals surface area contributed by atoms with Crippen LogP contribution in [0.2, 0.25) is 5.02 Å². The van der Waals surface area contributed by atoms with Gasteiger partial charge >= 0.3 is 0 Å². The molecule has 128 valence electrons. The third-order valence-electron chi connectivity index (χ3n) is 3.21. The van der Waals surface area contributed by atoms with Crippen molar-refractivity contribution in [1.29, 1.82) is 0 Å². The van der Waals surface area contributed by atoms with Gasteiger partial charge in [-0.2, -0.15) is 0 Å². The Kier molecular flexibility index (Phi) is 6.25. The van der Waals surface area contributed by atoms with Crippen LogP contribution < -0.4 is 10.1 Å². The SMILES string of the molecule is Cc1cccc(Cl)c1Oc1cc(NCC(O)CCl)cc([N+](=O)[O-])c1. The lowest BCUT2D eigenvalue weighted by molar-refractivity contribution is -0.384. The van der Waals surface area contributed by atoms with Gasteiger partial charge in [-0.15, -0.1) is 11.6 Å². The standard InChI is InChI=1S/C16H16Cl2N2O4/c1-10-3-2-4-15(18)16(10)24-14-6-11(19-9-13(21)8-17)5-12(7-14)20(22)23/h2-7,13,19,21H,8-9H2,1H3. The molecule has 24 heavy (non-hydrogen) atoms. The van der Waals surface area contributed by atoms with E-state index in [-0.39, 0.29) is 23.9 Å². The van der Waals surface area contributed by atoms with Gasteiger partial charge in [-0.1, -0.05) is 23.7 Å². The van der Waals surface area contributed by atoms with Crippen LogP contribution in [0, 0.1) is 17.0 Å². The number of non-ortho nitro benzene ring substituents is 1. The first-order chi connectivity index (χ1) is 11.4. The van der Waals surface area contributed by atoms with Crippen LogP contribution in [-0.4, -0.2) is 28.6 Å². The number of benzene rings is 2. The van der Waals surface area contributed by atoms with Gasteiger partial charge in [0, 0.05) is 24.4 Å². The average Bonchev–Trinajstić information content (AvgIpc) is 2.56. The van der Waals surface area contributed by atoms with Gasteiger partial charge in [0.15, 0.2) is 0 Å². The number of aliphatic hydroxyl groups is 1. The van der Waals surface area contributed by atoms with E-state index in [1.54, 1.807) is 18.2 Å². The molecule has 0 saturated carbocycles. The molecule has 1 unspecified atom stereocenters. The van der Waals surface area contributed by atoms with E-state index in [1.165, 1.54) is 12.1 Å². The molecule has 0 aliphatic rings. The molecule has 8 heteroatoms. The number of para-hydroxylation sites is 1. The second kappa shape index (κ2) is 8.19. The summed E-state index contributed by atoms with van der Waals surface area (Å²) in [5, 5.41) is 23.9. The molecule has 0 aliphatic heterocycles. The number of nitrogens with zero attached hydrogens (tertiary/aromatic N) is 1. The van der Waals surface area contributed by atoms with Crippen LogP contribution in [-0.2, 0) is 0 Å². The highest BCUT2D eigenvalue weighted by Crippen LogP contribution is 2.35. The summed E-state index contributed by atoms with van der Waals surface area (Å²) in [6.45, 7) is 1.99. The maximum Gasteiger partial charge on any atom is 0.275 e. The first kappa shape index (κ1) is 18.3. The number of hydrogen-bond acceptors (Lipinski definition) is 5. The molecular weight excluding hydrogens is 355 g/mol. The Bertz CT molecular complexity index is 720. The average molecular weight is 371 g/mol. The van der Waals surface area contributed by atoms with Crippen LogP contribution in [0.5, 0.6) is 11.5 Å². The summed E-state index contributed by atoms with van der Waals surface area (Å²) < 4.78 is 5.74. The second-order valence-corrected chi connectivity index (χ2v) is 5.87. The van der Waals surface area contributed by atoms with Crippen LogP contribution >= 0.6 is 23.2 Å². The highest BCUT2D eigenvalue weighted by Gasteiger charge is 2.14. The zero-order valence-corrected chi connectivity index (χ0v) is 14.3. The van der Waals surface area contributed by atoms with E-state index >= 15 is 0 Å². The number of nitro groups is 1. The van der Waals surface area contributed by atoms with Gasteiger partial charge in [0.25, 0.3) is 5.69 Å². The molecule has 0 spiro atoms. The summed E-state index contributed by atoms with van der Waals surface area (Å²) in [5.74, 6) is 0.763. The molecular formula is C16H16Cl2N2O4. The molecule has 0 aliphatic carbocycles. The van der Waals surface area contributed by atoms with Crippen molar-refractivity contribution in [2.24, 2.45) is 0 Å². The minimum atomic E-state index is -0.763. The van der Waals surface area contributed by atoms with Crippen LogP contribution in [0.1, 0.15) is 5.56 Å². The molecule has 0 fully saturated rings. The van der Waals surface area contributed by atoms with E-state index in [4.69, 9.17) is 27.9 Å². The Balaban J connectivity index is 2.31. The molecule has 0 bridgehead atoms. The van der Waals surface area contributed by atoms with Crippen molar-refractivity contribution in [3.63, 3.8) is 0 Å². The summed E-state index contributed by atoms with van der Waals surface area (Å²) in [6.07, 6.45) is -0.763. The number of anilines is 1. The van der Waals surface area contributed by atoms with Crippen molar-refractivity contribution in [2.75, 3.05) is 17.7 Å². The highest BCUT2D eigenvalue weighted by atomic mass is 35.5. The Morgan fingerprint density at radius 2 is 2.12 bits per heavy atom. The summed E-state index contributed by atoms with van der Waals surface area (Å²) >= 11 is 11.7. The van der Waals surface area contributed by atoms with E-state index in [9.17, 15) is 15.2 Å². The maximum absolute atomic E-state index is 11.1. The Hall–Kier alpha value is -2.02. The van der Waals surface area contributed by atoms with Gasteiger partial charge in [0.1, 0.15) is 11.5 Å². The number of halogens is 2. The fourth-order valence-electron chi connectivity index (χ4n) is 2.00. The lowest BCUT2D eigenvalue weighted by Gasteiger charge is -2.13. The number of rotatable bonds is 7. The van der Waals surface area contributed by atoms with Gasteiger partial charge in [-0.3, -0.25) is 10.1 Å². The molecule has 0 heterocycles. The van der Waals surface area contributed by atoms with E-state index in [0.717, 1.165) is 5.56 Å². The minimum absolute atomic E-state index is 0.0596. The number of aryl methyl sites for hydroxylation is 1. The molecule has 0 aromatic heterocycles. The molecule has 2 N–H and O–H groups in total. The number of aliphatic hydroxyl groups excluding tert-OH is 1. The van der Waals surface area contributed by atoms with Crippen molar-refractivity contribution in [2.45, 2.75) is 13.0 Å². The van der Waals surface area contributed by atoms with Crippen LogP contribution in [0.3, 0.4) is 0 Å². The first-order valence-corrected chi connectivity index (χ1v) is 8.02.